The van der Waals surface area contributed by atoms with Gasteiger partial charge in [0, 0.05) is 36.1 Å². The van der Waals surface area contributed by atoms with Crippen LogP contribution in [0.1, 0.15) is 29.8 Å². The summed E-state index contributed by atoms with van der Waals surface area (Å²) in [5.41, 5.74) is 3.89. The topological polar surface area (TPSA) is 64.7 Å². The van der Waals surface area contributed by atoms with Gasteiger partial charge < -0.3 is 5.32 Å². The number of benzene rings is 1. The third-order valence-corrected chi connectivity index (χ3v) is 4.03. The molecule has 0 aliphatic rings. The molecule has 3 rings (SSSR count). The van der Waals surface area contributed by atoms with E-state index in [1.165, 1.54) is 6.08 Å². The van der Waals surface area contributed by atoms with E-state index in [9.17, 15) is 4.79 Å². The molecular formula is C19H21N5O. The summed E-state index contributed by atoms with van der Waals surface area (Å²) in [7, 11) is 1.84. The van der Waals surface area contributed by atoms with E-state index in [4.69, 9.17) is 0 Å². The predicted octanol–water partition coefficient (Wildman–Crippen LogP) is 2.80. The van der Waals surface area contributed by atoms with E-state index in [0.717, 1.165) is 22.5 Å². The van der Waals surface area contributed by atoms with Gasteiger partial charge in [-0.25, -0.2) is 4.68 Å². The SMILES string of the molecule is Cc1c([C@H](C)NC(=O)/C=C\c2cnn(C)c2)cnn1-c1ccccc1. The van der Waals surface area contributed by atoms with Crippen molar-refractivity contribution in [1.29, 1.82) is 0 Å². The van der Waals surface area contributed by atoms with Crippen LogP contribution in [0.5, 0.6) is 0 Å². The molecule has 0 spiro atoms. The predicted molar refractivity (Wildman–Crippen MR) is 97.1 cm³/mol. The lowest BCUT2D eigenvalue weighted by molar-refractivity contribution is -0.117. The summed E-state index contributed by atoms with van der Waals surface area (Å²) in [5, 5.41) is 11.5. The molecule has 0 saturated heterocycles. The molecular weight excluding hydrogens is 314 g/mol. The molecule has 0 radical (unpaired) electrons. The fourth-order valence-corrected chi connectivity index (χ4v) is 2.71. The van der Waals surface area contributed by atoms with E-state index in [1.807, 2.05) is 62.1 Å². The Morgan fingerprint density at radius 3 is 2.64 bits per heavy atom. The molecule has 1 aromatic carbocycles. The van der Waals surface area contributed by atoms with E-state index in [0.29, 0.717) is 0 Å². The highest BCUT2D eigenvalue weighted by Crippen LogP contribution is 2.20. The van der Waals surface area contributed by atoms with Crippen LogP contribution in [0.3, 0.4) is 0 Å². The average Bonchev–Trinajstić information content (AvgIpc) is 3.19. The molecule has 0 unspecified atom stereocenters. The van der Waals surface area contributed by atoms with Crippen molar-refractivity contribution >= 4 is 12.0 Å². The number of aryl methyl sites for hydroxylation is 1. The molecule has 0 bridgehead atoms. The van der Waals surface area contributed by atoms with E-state index >= 15 is 0 Å². The maximum Gasteiger partial charge on any atom is 0.244 e. The quantitative estimate of drug-likeness (QED) is 0.729. The van der Waals surface area contributed by atoms with Gasteiger partial charge in [-0.05, 0) is 32.1 Å². The van der Waals surface area contributed by atoms with Crippen LogP contribution in [-0.4, -0.2) is 25.5 Å². The monoisotopic (exact) mass is 335 g/mol. The summed E-state index contributed by atoms with van der Waals surface area (Å²) in [6.07, 6.45) is 8.63. The van der Waals surface area contributed by atoms with Gasteiger partial charge >= 0.3 is 0 Å². The summed E-state index contributed by atoms with van der Waals surface area (Å²) in [4.78, 5) is 12.1. The number of aromatic nitrogens is 4. The molecule has 6 heteroatoms. The lowest BCUT2D eigenvalue weighted by Crippen LogP contribution is -2.25. The number of nitrogens with one attached hydrogen (secondary N) is 1. The fourth-order valence-electron chi connectivity index (χ4n) is 2.71. The van der Waals surface area contributed by atoms with Crippen LogP contribution in [0.2, 0.25) is 0 Å². The number of nitrogens with zero attached hydrogens (tertiary/aromatic N) is 4. The molecule has 6 nitrogen and oxygen atoms in total. The Hall–Kier alpha value is -3.15. The van der Waals surface area contributed by atoms with Crippen molar-refractivity contribution in [1.82, 2.24) is 24.9 Å². The van der Waals surface area contributed by atoms with Gasteiger partial charge in [0.05, 0.1) is 24.1 Å². The van der Waals surface area contributed by atoms with Crippen molar-refractivity contribution in [3.8, 4) is 5.69 Å². The molecule has 1 amide bonds. The molecule has 25 heavy (non-hydrogen) atoms. The Balaban J connectivity index is 1.69. The van der Waals surface area contributed by atoms with Gasteiger partial charge in [0.1, 0.15) is 0 Å². The Morgan fingerprint density at radius 1 is 1.20 bits per heavy atom. The van der Waals surface area contributed by atoms with Crippen LogP contribution in [0.25, 0.3) is 11.8 Å². The zero-order chi connectivity index (χ0) is 17.8. The lowest BCUT2D eigenvalue weighted by Gasteiger charge is -2.12. The average molecular weight is 335 g/mol. The van der Waals surface area contributed by atoms with Crippen molar-refractivity contribution in [3.05, 3.63) is 71.8 Å². The van der Waals surface area contributed by atoms with Crippen molar-refractivity contribution in [2.45, 2.75) is 19.9 Å². The normalized spacial score (nSPS) is 12.4. The second kappa shape index (κ2) is 7.17. The standard InChI is InChI=1S/C19H21N5O/c1-14(22-19(25)10-9-16-11-20-23(3)13-16)18-12-21-24(15(18)2)17-7-5-4-6-8-17/h4-14H,1-3H3,(H,22,25)/b10-9-/t14-/m0/s1. The molecule has 2 heterocycles. The number of para-hydroxylation sites is 1. The first-order chi connectivity index (χ1) is 12.0. The Kier molecular flexibility index (Phi) is 4.79. The third kappa shape index (κ3) is 3.85. The van der Waals surface area contributed by atoms with Crippen LogP contribution < -0.4 is 5.32 Å². The van der Waals surface area contributed by atoms with Gasteiger partial charge in [0.15, 0.2) is 0 Å². The van der Waals surface area contributed by atoms with Crippen molar-refractivity contribution in [2.75, 3.05) is 0 Å². The van der Waals surface area contributed by atoms with E-state index in [1.54, 1.807) is 23.2 Å². The molecule has 1 atom stereocenters. The van der Waals surface area contributed by atoms with Crippen LogP contribution in [0.4, 0.5) is 0 Å². The van der Waals surface area contributed by atoms with Crippen molar-refractivity contribution in [3.63, 3.8) is 0 Å². The third-order valence-electron chi connectivity index (χ3n) is 4.03. The maximum atomic E-state index is 12.1. The van der Waals surface area contributed by atoms with Crippen LogP contribution in [-0.2, 0) is 11.8 Å². The van der Waals surface area contributed by atoms with Gasteiger partial charge in [-0.2, -0.15) is 10.2 Å². The van der Waals surface area contributed by atoms with Crippen LogP contribution >= 0.6 is 0 Å². The van der Waals surface area contributed by atoms with Crippen molar-refractivity contribution in [2.24, 2.45) is 7.05 Å². The molecule has 2 aromatic heterocycles. The zero-order valence-corrected chi connectivity index (χ0v) is 14.5. The zero-order valence-electron chi connectivity index (χ0n) is 14.5. The van der Waals surface area contributed by atoms with Crippen LogP contribution in [0, 0.1) is 6.92 Å². The first-order valence-corrected chi connectivity index (χ1v) is 8.12. The van der Waals surface area contributed by atoms with E-state index in [-0.39, 0.29) is 11.9 Å². The van der Waals surface area contributed by atoms with E-state index in [2.05, 4.69) is 15.5 Å². The number of amides is 1. The van der Waals surface area contributed by atoms with Crippen molar-refractivity contribution < 1.29 is 4.79 Å². The summed E-state index contributed by atoms with van der Waals surface area (Å²) in [6, 6.07) is 9.80. The molecule has 128 valence electrons. The minimum Gasteiger partial charge on any atom is -0.346 e. The Bertz CT molecular complexity index is 892. The smallest absolute Gasteiger partial charge is 0.244 e. The number of hydrogen-bond donors (Lipinski definition) is 1. The lowest BCUT2D eigenvalue weighted by atomic mass is 10.1. The first-order valence-electron chi connectivity index (χ1n) is 8.12. The highest BCUT2D eigenvalue weighted by Gasteiger charge is 2.15. The fraction of sp³-hybridized carbons (Fsp3) is 0.211. The Morgan fingerprint density at radius 2 is 1.96 bits per heavy atom. The highest BCUT2D eigenvalue weighted by atomic mass is 16.1. The summed E-state index contributed by atoms with van der Waals surface area (Å²) >= 11 is 0. The summed E-state index contributed by atoms with van der Waals surface area (Å²) in [6.45, 7) is 3.96. The number of carbonyl (C=O) groups excluding carboxylic acids is 1. The van der Waals surface area contributed by atoms with Crippen LogP contribution in [0.15, 0.2) is 55.0 Å². The van der Waals surface area contributed by atoms with Gasteiger partial charge in [-0.15, -0.1) is 0 Å². The first kappa shape index (κ1) is 16.7. The molecule has 1 N–H and O–H groups in total. The summed E-state index contributed by atoms with van der Waals surface area (Å²) in [5.74, 6) is -0.150. The molecule has 0 fully saturated rings. The van der Waals surface area contributed by atoms with E-state index < -0.39 is 0 Å². The second-order valence-corrected chi connectivity index (χ2v) is 5.94. The van der Waals surface area contributed by atoms with Gasteiger partial charge in [-0.1, -0.05) is 18.2 Å². The molecule has 0 aliphatic carbocycles. The molecule has 0 aliphatic heterocycles. The number of rotatable bonds is 5. The molecule has 3 aromatic rings. The largest absolute Gasteiger partial charge is 0.346 e. The second-order valence-electron chi connectivity index (χ2n) is 5.94. The minimum absolute atomic E-state index is 0.136. The minimum atomic E-state index is -0.150. The number of hydrogen-bond acceptors (Lipinski definition) is 3. The Labute approximate surface area is 146 Å². The molecule has 0 saturated carbocycles. The van der Waals surface area contributed by atoms with Gasteiger partial charge in [-0.3, -0.25) is 9.48 Å². The van der Waals surface area contributed by atoms with Gasteiger partial charge in [0.25, 0.3) is 0 Å². The number of carbonyl (C=O) groups is 1. The van der Waals surface area contributed by atoms with Gasteiger partial charge in [0.2, 0.25) is 5.91 Å². The highest BCUT2D eigenvalue weighted by molar-refractivity contribution is 5.91. The summed E-state index contributed by atoms with van der Waals surface area (Å²) < 4.78 is 3.57. The maximum absolute atomic E-state index is 12.1.